The largest absolute Gasteiger partial charge is 0.490 e. The molecule has 0 radical (unpaired) electrons. The van der Waals surface area contributed by atoms with Crippen LogP contribution in [0.5, 0.6) is 11.5 Å². The number of carbonyl (C=O) groups is 1. The van der Waals surface area contributed by atoms with Gasteiger partial charge in [-0.3, -0.25) is 4.68 Å². The number of hydrogen-bond donors (Lipinski definition) is 1. The second-order valence-corrected chi connectivity index (χ2v) is 4.40. The second-order valence-electron chi connectivity index (χ2n) is 4.40. The third-order valence-corrected chi connectivity index (χ3v) is 3.04. The fraction of sp³-hybridized carbons (Fsp3) is 0.333. The Morgan fingerprint density at radius 1 is 1.29 bits per heavy atom. The molecule has 1 aromatic carbocycles. The van der Waals surface area contributed by atoms with Gasteiger partial charge in [0.15, 0.2) is 11.5 Å². The number of hydrogen-bond acceptors (Lipinski definition) is 4. The van der Waals surface area contributed by atoms with Gasteiger partial charge < -0.3 is 14.6 Å². The number of carboxylic acid groups (broad SMARTS) is 1. The molecule has 0 amide bonds. The molecule has 0 saturated heterocycles. The highest BCUT2D eigenvalue weighted by atomic mass is 16.5. The first kappa shape index (κ1) is 14.9. The zero-order valence-corrected chi connectivity index (χ0v) is 12.1. The van der Waals surface area contributed by atoms with Crippen molar-refractivity contribution >= 4 is 5.97 Å². The van der Waals surface area contributed by atoms with Gasteiger partial charge in [-0.1, -0.05) is 12.1 Å². The van der Waals surface area contributed by atoms with Gasteiger partial charge in [0, 0.05) is 5.69 Å². The Kier molecular flexibility index (Phi) is 4.81. The molecule has 0 unspecified atom stereocenters. The van der Waals surface area contributed by atoms with Crippen LogP contribution in [0, 0.1) is 6.92 Å². The summed E-state index contributed by atoms with van der Waals surface area (Å²) < 4.78 is 12.8. The number of aromatic nitrogens is 2. The van der Waals surface area contributed by atoms with Crippen LogP contribution in [0.2, 0.25) is 0 Å². The summed E-state index contributed by atoms with van der Waals surface area (Å²) in [7, 11) is 0. The molecular formula is C15H18N2O4. The molecule has 0 bridgehead atoms. The average Bonchev–Trinajstić information content (AvgIpc) is 2.83. The molecule has 0 spiro atoms. The summed E-state index contributed by atoms with van der Waals surface area (Å²) >= 11 is 0. The summed E-state index contributed by atoms with van der Waals surface area (Å²) in [4.78, 5) is 10.9. The maximum absolute atomic E-state index is 10.9. The Morgan fingerprint density at radius 3 is 2.52 bits per heavy atom. The zero-order valence-electron chi connectivity index (χ0n) is 12.1. The topological polar surface area (TPSA) is 73.6 Å². The van der Waals surface area contributed by atoms with E-state index >= 15 is 0 Å². The van der Waals surface area contributed by atoms with Crippen LogP contribution >= 0.6 is 0 Å². The third-order valence-electron chi connectivity index (χ3n) is 3.04. The van der Waals surface area contributed by atoms with Crippen LogP contribution < -0.4 is 9.47 Å². The monoisotopic (exact) mass is 290 g/mol. The van der Waals surface area contributed by atoms with Gasteiger partial charge in [-0.05, 0) is 26.0 Å². The minimum absolute atomic E-state index is 0.213. The predicted octanol–water partition coefficient (Wildman–Crippen LogP) is 2.37. The molecule has 0 aliphatic rings. The zero-order chi connectivity index (χ0) is 15.2. The normalized spacial score (nSPS) is 10.4. The maximum atomic E-state index is 10.9. The van der Waals surface area contributed by atoms with Crippen molar-refractivity contribution in [2.24, 2.45) is 0 Å². The number of ether oxygens (including phenoxy) is 2. The molecule has 2 aromatic rings. The van der Waals surface area contributed by atoms with Crippen LogP contribution in [-0.4, -0.2) is 34.1 Å². The Bertz CT molecular complexity index is 622. The number of nitrogens with zero attached hydrogens (tertiary/aromatic N) is 2. The van der Waals surface area contributed by atoms with E-state index in [1.807, 2.05) is 31.2 Å². The lowest BCUT2D eigenvalue weighted by Gasteiger charge is -2.12. The fourth-order valence-corrected chi connectivity index (χ4v) is 1.97. The first-order chi connectivity index (χ1) is 10.1. The lowest BCUT2D eigenvalue weighted by atomic mass is 10.3. The van der Waals surface area contributed by atoms with Crippen LogP contribution in [0.25, 0.3) is 0 Å². The van der Waals surface area contributed by atoms with Crippen LogP contribution in [0.3, 0.4) is 0 Å². The summed E-state index contributed by atoms with van der Waals surface area (Å²) in [5.41, 5.74) is 0.828. The molecule has 0 fully saturated rings. The average molecular weight is 290 g/mol. The highest BCUT2D eigenvalue weighted by Crippen LogP contribution is 2.26. The summed E-state index contributed by atoms with van der Waals surface area (Å²) in [5, 5.41) is 13.0. The van der Waals surface area contributed by atoms with Gasteiger partial charge in [-0.15, -0.1) is 0 Å². The molecule has 1 heterocycles. The summed E-state index contributed by atoms with van der Waals surface area (Å²) in [6.45, 7) is 5.06. The minimum Gasteiger partial charge on any atom is -0.490 e. The highest BCUT2D eigenvalue weighted by Gasteiger charge is 2.12. The number of aromatic carboxylic acids is 1. The van der Waals surface area contributed by atoms with Gasteiger partial charge in [0.25, 0.3) is 0 Å². The molecule has 6 nitrogen and oxygen atoms in total. The van der Waals surface area contributed by atoms with E-state index in [1.165, 1.54) is 6.20 Å². The van der Waals surface area contributed by atoms with Gasteiger partial charge in [0.2, 0.25) is 0 Å². The molecule has 2 rings (SSSR count). The molecule has 0 aliphatic heterocycles. The van der Waals surface area contributed by atoms with Crippen molar-refractivity contribution < 1.29 is 19.4 Å². The molecule has 1 N–H and O–H groups in total. The second kappa shape index (κ2) is 6.78. The molecule has 0 aliphatic carbocycles. The Morgan fingerprint density at radius 2 is 1.95 bits per heavy atom. The molecule has 0 saturated carbocycles. The first-order valence-electron chi connectivity index (χ1n) is 6.73. The maximum Gasteiger partial charge on any atom is 0.339 e. The van der Waals surface area contributed by atoms with Crippen molar-refractivity contribution in [1.29, 1.82) is 0 Å². The van der Waals surface area contributed by atoms with Crippen molar-refractivity contribution in [2.45, 2.75) is 20.4 Å². The number of rotatable bonds is 7. The van der Waals surface area contributed by atoms with Crippen molar-refractivity contribution in [3.05, 3.63) is 41.7 Å². The van der Waals surface area contributed by atoms with Crippen LogP contribution in [0.1, 0.15) is 23.0 Å². The fourth-order valence-electron chi connectivity index (χ4n) is 1.97. The Hall–Kier alpha value is -2.50. The molecule has 112 valence electrons. The van der Waals surface area contributed by atoms with E-state index in [0.29, 0.717) is 37.0 Å². The number of para-hydroxylation sites is 2. The van der Waals surface area contributed by atoms with Crippen molar-refractivity contribution in [2.75, 3.05) is 13.2 Å². The Labute approximate surface area is 122 Å². The third kappa shape index (κ3) is 3.53. The SMILES string of the molecule is CCOc1ccccc1OCCn1ncc(C(=O)O)c1C. The quantitative estimate of drug-likeness (QED) is 0.847. The molecular weight excluding hydrogens is 272 g/mol. The lowest BCUT2D eigenvalue weighted by Crippen LogP contribution is -2.12. The summed E-state index contributed by atoms with van der Waals surface area (Å²) in [6, 6.07) is 7.44. The van der Waals surface area contributed by atoms with E-state index in [0.717, 1.165) is 0 Å². The van der Waals surface area contributed by atoms with E-state index in [2.05, 4.69) is 5.10 Å². The summed E-state index contributed by atoms with van der Waals surface area (Å²) in [5.74, 6) is 0.396. The highest BCUT2D eigenvalue weighted by molar-refractivity contribution is 5.88. The van der Waals surface area contributed by atoms with Crippen LogP contribution in [0.4, 0.5) is 0 Å². The summed E-state index contributed by atoms with van der Waals surface area (Å²) in [6.07, 6.45) is 1.35. The van der Waals surface area contributed by atoms with Gasteiger partial charge in [0.1, 0.15) is 12.2 Å². The van der Waals surface area contributed by atoms with E-state index in [-0.39, 0.29) is 5.56 Å². The molecule has 6 heteroatoms. The van der Waals surface area contributed by atoms with Crippen LogP contribution in [0.15, 0.2) is 30.5 Å². The Balaban J connectivity index is 1.97. The standard InChI is InChI=1S/C15H18N2O4/c1-3-20-13-6-4-5-7-14(13)21-9-8-17-11(2)12(10-16-17)15(18)19/h4-7,10H,3,8-9H2,1-2H3,(H,18,19). The van der Waals surface area contributed by atoms with E-state index in [9.17, 15) is 4.79 Å². The van der Waals surface area contributed by atoms with Gasteiger partial charge in [-0.2, -0.15) is 5.10 Å². The molecule has 0 atom stereocenters. The van der Waals surface area contributed by atoms with Gasteiger partial charge in [0.05, 0.1) is 19.3 Å². The lowest BCUT2D eigenvalue weighted by molar-refractivity contribution is 0.0696. The van der Waals surface area contributed by atoms with Gasteiger partial charge >= 0.3 is 5.97 Å². The van der Waals surface area contributed by atoms with E-state index < -0.39 is 5.97 Å². The van der Waals surface area contributed by atoms with E-state index in [1.54, 1.807) is 11.6 Å². The number of benzene rings is 1. The first-order valence-corrected chi connectivity index (χ1v) is 6.73. The predicted molar refractivity (Wildman–Crippen MR) is 77.0 cm³/mol. The number of carboxylic acids is 1. The van der Waals surface area contributed by atoms with E-state index in [4.69, 9.17) is 14.6 Å². The van der Waals surface area contributed by atoms with Gasteiger partial charge in [-0.25, -0.2) is 4.79 Å². The van der Waals surface area contributed by atoms with Crippen molar-refractivity contribution in [1.82, 2.24) is 9.78 Å². The van der Waals surface area contributed by atoms with Crippen LogP contribution in [-0.2, 0) is 6.54 Å². The molecule has 1 aromatic heterocycles. The van der Waals surface area contributed by atoms with Crippen molar-refractivity contribution in [3.8, 4) is 11.5 Å². The molecule has 21 heavy (non-hydrogen) atoms. The minimum atomic E-state index is -0.971. The van der Waals surface area contributed by atoms with Crippen molar-refractivity contribution in [3.63, 3.8) is 0 Å². The smallest absolute Gasteiger partial charge is 0.339 e.